The molecule has 4 nitrogen and oxygen atoms in total. The van der Waals surface area contributed by atoms with Crippen molar-refractivity contribution in [3.8, 4) is 0 Å². The van der Waals surface area contributed by atoms with Gasteiger partial charge in [-0.05, 0) is 30.4 Å². The number of thiophene rings is 1. The number of ether oxygens (including phenoxy) is 1. The molecule has 2 heterocycles. The van der Waals surface area contributed by atoms with Gasteiger partial charge >= 0.3 is 5.97 Å². The molecule has 0 unspecified atom stereocenters. The molecule has 0 bridgehead atoms. The predicted octanol–water partition coefficient (Wildman–Crippen LogP) is 2.17. The van der Waals surface area contributed by atoms with Crippen LogP contribution < -0.4 is 0 Å². The minimum atomic E-state index is -0.166. The lowest BCUT2D eigenvalue weighted by molar-refractivity contribution is -0.148. The van der Waals surface area contributed by atoms with Crippen LogP contribution in [0.1, 0.15) is 17.7 Å². The number of piperidine rings is 1. The van der Waals surface area contributed by atoms with Crippen molar-refractivity contribution in [1.29, 1.82) is 0 Å². The van der Waals surface area contributed by atoms with Crippen LogP contribution in [0.25, 0.3) is 6.08 Å². The maximum absolute atomic E-state index is 12.0. The molecular formula is C14H17NO3S. The van der Waals surface area contributed by atoms with Crippen molar-refractivity contribution in [2.45, 2.75) is 12.8 Å². The average molecular weight is 279 g/mol. The van der Waals surface area contributed by atoms with Crippen LogP contribution >= 0.6 is 11.3 Å². The number of carbonyl (C=O) groups is 2. The second-order valence-corrected chi connectivity index (χ2v) is 5.45. The van der Waals surface area contributed by atoms with Gasteiger partial charge in [0, 0.05) is 24.0 Å². The molecule has 0 saturated carbocycles. The highest BCUT2D eigenvalue weighted by atomic mass is 32.1. The third-order valence-electron chi connectivity index (χ3n) is 3.27. The van der Waals surface area contributed by atoms with Crippen molar-refractivity contribution < 1.29 is 14.3 Å². The normalized spacial score (nSPS) is 16.8. The Morgan fingerprint density at radius 3 is 2.74 bits per heavy atom. The Labute approximate surface area is 116 Å². The summed E-state index contributed by atoms with van der Waals surface area (Å²) >= 11 is 1.60. The van der Waals surface area contributed by atoms with Crippen molar-refractivity contribution in [3.63, 3.8) is 0 Å². The topological polar surface area (TPSA) is 46.6 Å². The molecule has 1 aromatic heterocycles. The van der Waals surface area contributed by atoms with Gasteiger partial charge < -0.3 is 9.64 Å². The maximum atomic E-state index is 12.0. The summed E-state index contributed by atoms with van der Waals surface area (Å²) in [4.78, 5) is 26.2. The Balaban J connectivity index is 1.84. The SMILES string of the molecule is COC(=O)C1CCN(C(=O)C=Cc2cccs2)CC1. The zero-order chi connectivity index (χ0) is 13.7. The van der Waals surface area contributed by atoms with Gasteiger partial charge in [-0.2, -0.15) is 0 Å². The fourth-order valence-electron chi connectivity index (χ4n) is 2.15. The monoisotopic (exact) mass is 279 g/mol. The van der Waals surface area contributed by atoms with Gasteiger partial charge in [0.1, 0.15) is 0 Å². The first-order chi connectivity index (χ1) is 9.20. The molecule has 2 rings (SSSR count). The molecule has 0 N–H and O–H groups in total. The van der Waals surface area contributed by atoms with Crippen LogP contribution in [0.4, 0.5) is 0 Å². The standard InChI is InChI=1S/C14H17NO3S/c1-18-14(17)11-6-8-15(9-7-11)13(16)5-4-12-3-2-10-19-12/h2-5,10-11H,6-9H2,1H3. The quantitative estimate of drug-likeness (QED) is 0.629. The Hall–Kier alpha value is -1.62. The van der Waals surface area contributed by atoms with E-state index in [-0.39, 0.29) is 17.8 Å². The van der Waals surface area contributed by atoms with Gasteiger partial charge in [-0.1, -0.05) is 6.07 Å². The molecule has 0 atom stereocenters. The van der Waals surface area contributed by atoms with Crippen LogP contribution in [0.2, 0.25) is 0 Å². The zero-order valence-electron chi connectivity index (χ0n) is 10.9. The highest BCUT2D eigenvalue weighted by Gasteiger charge is 2.26. The van der Waals surface area contributed by atoms with Crippen LogP contribution in [0.15, 0.2) is 23.6 Å². The number of nitrogens with zero attached hydrogens (tertiary/aromatic N) is 1. The Morgan fingerprint density at radius 1 is 1.42 bits per heavy atom. The van der Waals surface area contributed by atoms with E-state index in [4.69, 9.17) is 4.74 Å². The molecule has 1 amide bonds. The molecule has 0 aliphatic carbocycles. The Bertz CT molecular complexity index is 459. The number of hydrogen-bond donors (Lipinski definition) is 0. The molecule has 0 spiro atoms. The number of methoxy groups -OCH3 is 1. The average Bonchev–Trinajstić information content (AvgIpc) is 2.97. The first-order valence-corrected chi connectivity index (χ1v) is 7.17. The molecule has 0 radical (unpaired) electrons. The summed E-state index contributed by atoms with van der Waals surface area (Å²) in [6, 6.07) is 3.93. The van der Waals surface area contributed by atoms with Gasteiger partial charge in [-0.3, -0.25) is 9.59 Å². The zero-order valence-corrected chi connectivity index (χ0v) is 11.7. The lowest BCUT2D eigenvalue weighted by atomic mass is 9.97. The van der Waals surface area contributed by atoms with Crippen molar-refractivity contribution in [3.05, 3.63) is 28.5 Å². The van der Waals surface area contributed by atoms with Crippen molar-refractivity contribution in [2.75, 3.05) is 20.2 Å². The number of hydrogen-bond acceptors (Lipinski definition) is 4. The van der Waals surface area contributed by atoms with Gasteiger partial charge in [0.25, 0.3) is 0 Å². The van der Waals surface area contributed by atoms with E-state index in [1.165, 1.54) is 7.11 Å². The molecule has 19 heavy (non-hydrogen) atoms. The first-order valence-electron chi connectivity index (χ1n) is 6.29. The van der Waals surface area contributed by atoms with Gasteiger partial charge in [-0.15, -0.1) is 11.3 Å². The number of carbonyl (C=O) groups excluding carboxylic acids is 2. The summed E-state index contributed by atoms with van der Waals surface area (Å²) in [6.07, 6.45) is 4.81. The van der Waals surface area contributed by atoms with E-state index in [0.29, 0.717) is 25.9 Å². The number of rotatable bonds is 3. The molecule has 0 aromatic carbocycles. The molecule has 102 valence electrons. The summed E-state index contributed by atoms with van der Waals surface area (Å²) < 4.78 is 4.73. The first kappa shape index (κ1) is 13.8. The second kappa shape index (κ2) is 6.52. The Kier molecular flexibility index (Phi) is 4.74. The van der Waals surface area contributed by atoms with Crippen LogP contribution in [0, 0.1) is 5.92 Å². The number of likely N-dealkylation sites (tertiary alicyclic amines) is 1. The van der Waals surface area contributed by atoms with Crippen molar-refractivity contribution in [2.24, 2.45) is 5.92 Å². The lowest BCUT2D eigenvalue weighted by Crippen LogP contribution is -2.39. The van der Waals surface area contributed by atoms with E-state index in [1.807, 2.05) is 23.6 Å². The fraction of sp³-hybridized carbons (Fsp3) is 0.429. The van der Waals surface area contributed by atoms with Crippen molar-refractivity contribution in [1.82, 2.24) is 4.90 Å². The molecule has 1 aromatic rings. The highest BCUT2D eigenvalue weighted by Crippen LogP contribution is 2.19. The highest BCUT2D eigenvalue weighted by molar-refractivity contribution is 7.10. The molecule has 5 heteroatoms. The molecular weight excluding hydrogens is 262 g/mol. The number of esters is 1. The number of amides is 1. The van der Waals surface area contributed by atoms with Crippen LogP contribution in [0.3, 0.4) is 0 Å². The van der Waals surface area contributed by atoms with Crippen LogP contribution in [-0.4, -0.2) is 37.0 Å². The van der Waals surface area contributed by atoms with Crippen LogP contribution in [-0.2, 0) is 14.3 Å². The van der Waals surface area contributed by atoms with Gasteiger partial charge in [-0.25, -0.2) is 0 Å². The van der Waals surface area contributed by atoms with E-state index < -0.39 is 0 Å². The van der Waals surface area contributed by atoms with E-state index >= 15 is 0 Å². The molecule has 1 aliphatic rings. The largest absolute Gasteiger partial charge is 0.469 e. The fourth-order valence-corrected chi connectivity index (χ4v) is 2.77. The van der Waals surface area contributed by atoms with Gasteiger partial charge in [0.2, 0.25) is 5.91 Å². The Morgan fingerprint density at radius 2 is 2.16 bits per heavy atom. The van der Waals surface area contributed by atoms with Gasteiger partial charge in [0.15, 0.2) is 0 Å². The van der Waals surface area contributed by atoms with E-state index in [9.17, 15) is 9.59 Å². The molecule has 1 fully saturated rings. The van der Waals surface area contributed by atoms with E-state index in [1.54, 1.807) is 22.3 Å². The summed E-state index contributed by atoms with van der Waals surface area (Å²) in [6.45, 7) is 1.24. The molecule has 1 saturated heterocycles. The lowest BCUT2D eigenvalue weighted by Gasteiger charge is -2.29. The summed E-state index contributed by atoms with van der Waals surface area (Å²) in [5.74, 6) is -0.215. The summed E-state index contributed by atoms with van der Waals surface area (Å²) in [5, 5.41) is 1.98. The van der Waals surface area contributed by atoms with Gasteiger partial charge in [0.05, 0.1) is 13.0 Å². The summed E-state index contributed by atoms with van der Waals surface area (Å²) in [7, 11) is 1.41. The predicted molar refractivity (Wildman–Crippen MR) is 74.7 cm³/mol. The van der Waals surface area contributed by atoms with E-state index in [2.05, 4.69) is 0 Å². The van der Waals surface area contributed by atoms with Crippen molar-refractivity contribution >= 4 is 29.3 Å². The minimum absolute atomic E-state index is 0.0108. The summed E-state index contributed by atoms with van der Waals surface area (Å²) in [5.41, 5.74) is 0. The molecule has 1 aliphatic heterocycles. The second-order valence-electron chi connectivity index (χ2n) is 4.47. The maximum Gasteiger partial charge on any atom is 0.308 e. The van der Waals surface area contributed by atoms with E-state index in [0.717, 1.165) is 4.88 Å². The minimum Gasteiger partial charge on any atom is -0.469 e. The smallest absolute Gasteiger partial charge is 0.308 e. The van der Waals surface area contributed by atoms with Crippen LogP contribution in [0.5, 0.6) is 0 Å². The third kappa shape index (κ3) is 3.67. The third-order valence-corrected chi connectivity index (χ3v) is 4.11.